The lowest BCUT2D eigenvalue weighted by atomic mass is 9.89. The third kappa shape index (κ3) is 5.11. The molecule has 0 radical (unpaired) electrons. The number of carboxylic acid groups (broad SMARTS) is 1. The number of hydrogen-bond acceptors (Lipinski definition) is 2. The number of piperidine rings is 1. The van der Waals surface area contributed by atoms with Crippen LogP contribution >= 0.6 is 0 Å². The summed E-state index contributed by atoms with van der Waals surface area (Å²) in [5, 5.41) is 10.6. The van der Waals surface area contributed by atoms with Crippen molar-refractivity contribution in [1.82, 2.24) is 9.47 Å². The molecule has 186 valence electrons. The number of nitrogens with zero attached hydrogens (tertiary/aromatic N) is 2. The third-order valence-electron chi connectivity index (χ3n) is 7.34. The fourth-order valence-corrected chi connectivity index (χ4v) is 5.23. The van der Waals surface area contributed by atoms with Crippen LogP contribution in [0.1, 0.15) is 60.8 Å². The molecule has 5 heteroatoms. The van der Waals surface area contributed by atoms with Gasteiger partial charge in [-0.3, -0.25) is 0 Å². The summed E-state index contributed by atoms with van der Waals surface area (Å²) >= 11 is 0. The van der Waals surface area contributed by atoms with E-state index in [1.54, 1.807) is 0 Å². The van der Waals surface area contributed by atoms with Crippen molar-refractivity contribution in [1.29, 1.82) is 0 Å². The Bertz CT molecular complexity index is 1320. The van der Waals surface area contributed by atoms with E-state index in [1.807, 2.05) is 18.2 Å². The van der Waals surface area contributed by atoms with Gasteiger partial charge in [0.05, 0.1) is 5.52 Å². The minimum absolute atomic E-state index is 0.300. The number of amides is 1. The average molecular weight is 483 g/mol. The third-order valence-corrected chi connectivity index (χ3v) is 7.34. The first-order valence-electron chi connectivity index (χ1n) is 12.8. The summed E-state index contributed by atoms with van der Waals surface area (Å²) in [7, 11) is 0. The van der Waals surface area contributed by atoms with Crippen molar-refractivity contribution in [3.8, 4) is 5.75 Å². The highest BCUT2D eigenvalue weighted by molar-refractivity contribution is 5.90. The molecule has 1 aromatic heterocycles. The second-order valence-electron chi connectivity index (χ2n) is 10.1. The first-order chi connectivity index (χ1) is 17.5. The molecule has 1 fully saturated rings. The lowest BCUT2D eigenvalue weighted by Crippen LogP contribution is -2.36. The Kier molecular flexibility index (Phi) is 6.99. The van der Waals surface area contributed by atoms with Crippen molar-refractivity contribution in [3.05, 3.63) is 101 Å². The van der Waals surface area contributed by atoms with Crippen LogP contribution in [0.25, 0.3) is 10.9 Å². The maximum absolute atomic E-state index is 11.5. The summed E-state index contributed by atoms with van der Waals surface area (Å²) in [6.45, 7) is 6.86. The van der Waals surface area contributed by atoms with E-state index in [2.05, 4.69) is 79.2 Å². The van der Waals surface area contributed by atoms with Crippen molar-refractivity contribution in [2.24, 2.45) is 0 Å². The van der Waals surface area contributed by atoms with E-state index in [0.717, 1.165) is 41.6 Å². The molecule has 0 saturated carbocycles. The number of fused-ring (bicyclic) bond motifs is 1. The number of hydrogen-bond donors (Lipinski definition) is 1. The number of carbonyl (C=O) groups is 1. The van der Waals surface area contributed by atoms with E-state index < -0.39 is 6.09 Å². The molecule has 1 aliphatic heterocycles. The number of ether oxygens (including phenoxy) is 1. The van der Waals surface area contributed by atoms with Crippen LogP contribution in [0.4, 0.5) is 4.79 Å². The maximum atomic E-state index is 11.5. The molecule has 0 unspecified atom stereocenters. The van der Waals surface area contributed by atoms with Gasteiger partial charge < -0.3 is 19.3 Å². The Morgan fingerprint density at radius 3 is 2.33 bits per heavy atom. The predicted molar refractivity (Wildman–Crippen MR) is 144 cm³/mol. The quantitative estimate of drug-likeness (QED) is 0.302. The van der Waals surface area contributed by atoms with Crippen molar-refractivity contribution in [2.75, 3.05) is 13.1 Å². The fraction of sp³-hybridized carbons (Fsp3) is 0.323. The van der Waals surface area contributed by atoms with E-state index in [0.29, 0.717) is 31.5 Å². The van der Waals surface area contributed by atoms with Gasteiger partial charge >= 0.3 is 6.09 Å². The van der Waals surface area contributed by atoms with Gasteiger partial charge in [-0.1, -0.05) is 74.5 Å². The Morgan fingerprint density at radius 1 is 0.944 bits per heavy atom. The van der Waals surface area contributed by atoms with E-state index in [-0.39, 0.29) is 0 Å². The monoisotopic (exact) mass is 482 g/mol. The molecule has 5 rings (SSSR count). The summed E-state index contributed by atoms with van der Waals surface area (Å²) < 4.78 is 8.71. The summed E-state index contributed by atoms with van der Waals surface area (Å²) in [4.78, 5) is 13.0. The summed E-state index contributed by atoms with van der Waals surface area (Å²) in [6, 6.07) is 25.4. The lowest BCUT2D eigenvalue weighted by Gasteiger charge is -2.30. The zero-order valence-corrected chi connectivity index (χ0v) is 21.1. The Morgan fingerprint density at radius 2 is 1.67 bits per heavy atom. The van der Waals surface area contributed by atoms with Crippen LogP contribution < -0.4 is 4.74 Å². The normalized spacial score (nSPS) is 14.5. The van der Waals surface area contributed by atoms with Gasteiger partial charge in [-0.2, -0.15) is 0 Å². The molecule has 0 atom stereocenters. The highest BCUT2D eigenvalue weighted by Gasteiger charge is 2.27. The Labute approximate surface area is 212 Å². The van der Waals surface area contributed by atoms with Gasteiger partial charge in [-0.15, -0.1) is 0 Å². The standard InChI is InChI=1S/C31H34N2O3/c1-22(2)25-13-11-23(12-14-25)19-33-20-27(26-15-17-32(18-16-26)31(34)35)30-28(33)9-6-10-29(30)36-21-24-7-4-3-5-8-24/h3-14,20,22,26H,15-19,21H2,1-2H3,(H,34,35). The smallest absolute Gasteiger partial charge is 0.407 e. The second kappa shape index (κ2) is 10.5. The van der Waals surface area contributed by atoms with E-state index in [4.69, 9.17) is 4.74 Å². The molecule has 1 amide bonds. The number of aromatic nitrogens is 1. The zero-order chi connectivity index (χ0) is 25.1. The largest absolute Gasteiger partial charge is 0.488 e. The van der Waals surface area contributed by atoms with Crippen molar-refractivity contribution >= 4 is 17.0 Å². The van der Waals surface area contributed by atoms with Crippen LogP contribution in [0.2, 0.25) is 0 Å². The van der Waals surface area contributed by atoms with Gasteiger partial charge in [0.25, 0.3) is 0 Å². The van der Waals surface area contributed by atoms with Gasteiger partial charge in [-0.25, -0.2) is 4.79 Å². The van der Waals surface area contributed by atoms with E-state index >= 15 is 0 Å². The highest BCUT2D eigenvalue weighted by atomic mass is 16.5. The molecule has 0 bridgehead atoms. The summed E-state index contributed by atoms with van der Waals surface area (Å²) in [5.74, 6) is 1.70. The van der Waals surface area contributed by atoms with Crippen molar-refractivity contribution in [2.45, 2.75) is 51.7 Å². The molecular weight excluding hydrogens is 448 g/mol. The number of rotatable bonds is 7. The van der Waals surface area contributed by atoms with Gasteiger partial charge in [0, 0.05) is 31.2 Å². The molecule has 1 aliphatic rings. The maximum Gasteiger partial charge on any atom is 0.407 e. The molecule has 2 heterocycles. The van der Waals surface area contributed by atoms with Crippen LogP contribution in [0.5, 0.6) is 5.75 Å². The topological polar surface area (TPSA) is 54.7 Å². The van der Waals surface area contributed by atoms with Gasteiger partial charge in [0.2, 0.25) is 0 Å². The molecule has 3 aromatic carbocycles. The van der Waals surface area contributed by atoms with Crippen LogP contribution in [0, 0.1) is 0 Å². The lowest BCUT2D eigenvalue weighted by molar-refractivity contribution is 0.132. The van der Waals surface area contributed by atoms with Crippen LogP contribution in [0.3, 0.4) is 0 Å². The first-order valence-corrected chi connectivity index (χ1v) is 12.8. The minimum Gasteiger partial charge on any atom is -0.488 e. The van der Waals surface area contributed by atoms with Crippen molar-refractivity contribution in [3.63, 3.8) is 0 Å². The summed E-state index contributed by atoms with van der Waals surface area (Å²) in [5.41, 5.74) is 6.16. The fourth-order valence-electron chi connectivity index (χ4n) is 5.23. The average Bonchev–Trinajstić information content (AvgIpc) is 3.27. The van der Waals surface area contributed by atoms with Crippen molar-refractivity contribution < 1.29 is 14.6 Å². The molecule has 4 aromatic rings. The second-order valence-corrected chi connectivity index (χ2v) is 10.1. The number of likely N-dealkylation sites (tertiary alicyclic amines) is 1. The molecule has 1 N–H and O–H groups in total. The van der Waals surface area contributed by atoms with Crippen LogP contribution in [0.15, 0.2) is 79.0 Å². The first kappa shape index (κ1) is 24.0. The molecule has 1 saturated heterocycles. The van der Waals surface area contributed by atoms with E-state index in [1.165, 1.54) is 21.6 Å². The zero-order valence-electron chi connectivity index (χ0n) is 21.1. The van der Waals surface area contributed by atoms with Gasteiger partial charge in [-0.05, 0) is 59.1 Å². The van der Waals surface area contributed by atoms with Crippen LogP contribution in [-0.2, 0) is 13.2 Å². The Hall–Kier alpha value is -3.73. The van der Waals surface area contributed by atoms with Gasteiger partial charge in [0.1, 0.15) is 12.4 Å². The predicted octanol–water partition coefficient (Wildman–Crippen LogP) is 7.25. The molecular formula is C31H34N2O3. The van der Waals surface area contributed by atoms with Gasteiger partial charge in [0.15, 0.2) is 0 Å². The molecule has 0 spiro atoms. The van der Waals surface area contributed by atoms with Crippen LogP contribution in [-0.4, -0.2) is 33.8 Å². The Balaban J connectivity index is 1.49. The highest BCUT2D eigenvalue weighted by Crippen LogP contribution is 2.39. The molecule has 5 nitrogen and oxygen atoms in total. The SMILES string of the molecule is CC(C)c1ccc(Cn2cc(C3CCN(C(=O)O)CC3)c3c(OCc4ccccc4)cccc32)cc1. The van der Waals surface area contributed by atoms with E-state index in [9.17, 15) is 9.90 Å². The number of benzene rings is 3. The molecule has 36 heavy (non-hydrogen) atoms. The minimum atomic E-state index is -0.826. The molecule has 0 aliphatic carbocycles. The summed E-state index contributed by atoms with van der Waals surface area (Å²) in [6.07, 6.45) is 3.09.